The van der Waals surface area contributed by atoms with Crippen molar-refractivity contribution in [3.05, 3.63) is 18.2 Å². The highest BCUT2D eigenvalue weighted by Gasteiger charge is 2.31. The van der Waals surface area contributed by atoms with Crippen LogP contribution < -0.4 is 10.1 Å². The molecule has 1 amide bonds. The van der Waals surface area contributed by atoms with Gasteiger partial charge in [0.05, 0.1) is 12.5 Å². The topological polar surface area (TPSA) is 102 Å². The molecule has 8 nitrogen and oxygen atoms in total. The Hall–Kier alpha value is -2.13. The third-order valence-corrected chi connectivity index (χ3v) is 6.18. The molecule has 0 radical (unpaired) electrons. The Bertz CT molecular complexity index is 785. The van der Waals surface area contributed by atoms with Crippen LogP contribution in [-0.4, -0.2) is 50.9 Å². The van der Waals surface area contributed by atoms with E-state index in [1.165, 1.54) is 16.4 Å². The van der Waals surface area contributed by atoms with Gasteiger partial charge in [-0.3, -0.25) is 9.59 Å². The summed E-state index contributed by atoms with van der Waals surface area (Å²) in [7, 11) is -3.77. The van der Waals surface area contributed by atoms with E-state index >= 15 is 0 Å². The van der Waals surface area contributed by atoms with Crippen molar-refractivity contribution in [1.82, 2.24) is 4.31 Å². The fourth-order valence-corrected chi connectivity index (χ4v) is 4.15. The highest BCUT2D eigenvalue weighted by Crippen LogP contribution is 2.31. The fraction of sp³-hybridized carbons (Fsp3) is 0.556. The highest BCUT2D eigenvalue weighted by atomic mass is 32.2. The van der Waals surface area contributed by atoms with Crippen LogP contribution in [0.15, 0.2) is 23.1 Å². The second kappa shape index (κ2) is 9.18. The molecule has 0 bridgehead atoms. The van der Waals surface area contributed by atoms with Crippen LogP contribution in [0.3, 0.4) is 0 Å². The summed E-state index contributed by atoms with van der Waals surface area (Å²) in [5, 5.41) is 2.56. The predicted octanol–water partition coefficient (Wildman–Crippen LogP) is 2.01. The predicted molar refractivity (Wildman–Crippen MR) is 100 cm³/mol. The Kier molecular flexibility index (Phi) is 7.20. The molecule has 1 saturated carbocycles. The first-order chi connectivity index (χ1) is 12.8. The fourth-order valence-electron chi connectivity index (χ4n) is 2.54. The molecule has 0 aliphatic heterocycles. The van der Waals surface area contributed by atoms with Gasteiger partial charge in [0.25, 0.3) is 5.91 Å². The highest BCUT2D eigenvalue weighted by molar-refractivity contribution is 7.89. The zero-order chi connectivity index (χ0) is 20.0. The smallest absolute Gasteiger partial charge is 0.309 e. The molecule has 2 rings (SSSR count). The third kappa shape index (κ3) is 5.43. The molecule has 0 saturated heterocycles. The summed E-state index contributed by atoms with van der Waals surface area (Å²) in [5.74, 6) is -0.766. The first-order valence-electron chi connectivity index (χ1n) is 9.06. The van der Waals surface area contributed by atoms with E-state index in [1.807, 2.05) is 0 Å². The van der Waals surface area contributed by atoms with Gasteiger partial charge in [-0.15, -0.1) is 0 Å². The van der Waals surface area contributed by atoms with Crippen molar-refractivity contribution in [2.45, 2.75) is 38.5 Å². The van der Waals surface area contributed by atoms with E-state index in [1.54, 1.807) is 26.8 Å². The standard InChI is InChI=1S/C18H26N2O6S/c1-4-20(5-2)27(23,24)16-11-14(9-10-15(16)25-6-3)19-17(21)12-26-18(22)13-7-8-13/h9-11,13H,4-8,12H2,1-3H3,(H,19,21). The molecule has 0 atom stereocenters. The van der Waals surface area contributed by atoms with E-state index in [4.69, 9.17) is 9.47 Å². The molecule has 1 aromatic rings. The van der Waals surface area contributed by atoms with Crippen LogP contribution in [0.1, 0.15) is 33.6 Å². The lowest BCUT2D eigenvalue weighted by molar-refractivity contribution is -0.148. The van der Waals surface area contributed by atoms with E-state index in [0.717, 1.165) is 12.8 Å². The van der Waals surface area contributed by atoms with Crippen LogP contribution >= 0.6 is 0 Å². The van der Waals surface area contributed by atoms with Gasteiger partial charge in [0.15, 0.2) is 6.61 Å². The molecule has 0 heterocycles. The number of ether oxygens (including phenoxy) is 2. The van der Waals surface area contributed by atoms with Gasteiger partial charge >= 0.3 is 5.97 Å². The summed E-state index contributed by atoms with van der Waals surface area (Å²) >= 11 is 0. The minimum absolute atomic E-state index is 0.0131. The number of hydrogen-bond donors (Lipinski definition) is 1. The van der Waals surface area contributed by atoms with Gasteiger partial charge in [-0.1, -0.05) is 13.8 Å². The SMILES string of the molecule is CCOc1ccc(NC(=O)COC(=O)C2CC2)cc1S(=O)(=O)N(CC)CC. The number of nitrogens with zero attached hydrogens (tertiary/aromatic N) is 1. The van der Waals surface area contributed by atoms with Crippen molar-refractivity contribution >= 4 is 27.6 Å². The van der Waals surface area contributed by atoms with E-state index in [2.05, 4.69) is 5.32 Å². The van der Waals surface area contributed by atoms with Crippen molar-refractivity contribution in [2.24, 2.45) is 5.92 Å². The number of esters is 1. The number of sulfonamides is 1. The van der Waals surface area contributed by atoms with Gasteiger partial charge in [0.1, 0.15) is 10.6 Å². The first-order valence-corrected chi connectivity index (χ1v) is 10.5. The summed E-state index contributed by atoms with van der Waals surface area (Å²) < 4.78 is 37.5. The normalized spacial score (nSPS) is 14.1. The summed E-state index contributed by atoms with van der Waals surface area (Å²) in [6.07, 6.45) is 1.60. The molecule has 0 unspecified atom stereocenters. The van der Waals surface area contributed by atoms with E-state index < -0.39 is 22.5 Å². The number of anilines is 1. The Morgan fingerprint density at radius 3 is 2.41 bits per heavy atom. The number of rotatable bonds is 10. The molecule has 1 fully saturated rings. The molecule has 1 N–H and O–H groups in total. The van der Waals surface area contributed by atoms with Crippen molar-refractivity contribution < 1.29 is 27.5 Å². The lowest BCUT2D eigenvalue weighted by Crippen LogP contribution is -2.31. The number of hydrogen-bond acceptors (Lipinski definition) is 6. The molecule has 1 aromatic carbocycles. The van der Waals surface area contributed by atoms with Crippen LogP contribution in [0.25, 0.3) is 0 Å². The zero-order valence-electron chi connectivity index (χ0n) is 15.9. The summed E-state index contributed by atoms with van der Waals surface area (Å²) in [5.41, 5.74) is 0.289. The second-order valence-electron chi connectivity index (χ2n) is 6.11. The largest absolute Gasteiger partial charge is 0.492 e. The number of nitrogens with one attached hydrogen (secondary N) is 1. The molecule has 9 heteroatoms. The lowest BCUT2D eigenvalue weighted by Gasteiger charge is -2.21. The number of benzene rings is 1. The van der Waals surface area contributed by atoms with Crippen molar-refractivity contribution in [3.8, 4) is 5.75 Å². The Labute approximate surface area is 159 Å². The average molecular weight is 398 g/mol. The summed E-state index contributed by atoms with van der Waals surface area (Å²) in [6, 6.07) is 4.41. The molecular weight excluding hydrogens is 372 g/mol. The Morgan fingerprint density at radius 2 is 1.85 bits per heavy atom. The quantitative estimate of drug-likeness (QED) is 0.605. The summed E-state index contributed by atoms with van der Waals surface area (Å²) in [6.45, 7) is 5.81. The van der Waals surface area contributed by atoms with Crippen LogP contribution in [0.5, 0.6) is 5.75 Å². The van der Waals surface area contributed by atoms with E-state index in [-0.39, 0.29) is 28.2 Å². The van der Waals surface area contributed by atoms with Crippen molar-refractivity contribution in [1.29, 1.82) is 0 Å². The number of carbonyl (C=O) groups excluding carboxylic acids is 2. The van der Waals surface area contributed by atoms with Gasteiger partial charge in [0, 0.05) is 18.8 Å². The minimum atomic E-state index is -3.77. The molecule has 1 aliphatic rings. The number of amides is 1. The Balaban J connectivity index is 2.18. The molecule has 0 spiro atoms. The Morgan fingerprint density at radius 1 is 1.19 bits per heavy atom. The average Bonchev–Trinajstić information content (AvgIpc) is 3.47. The molecular formula is C18H26N2O6S. The first kappa shape index (κ1) is 21.2. The van der Waals surface area contributed by atoms with E-state index in [9.17, 15) is 18.0 Å². The summed E-state index contributed by atoms with van der Waals surface area (Å²) in [4.78, 5) is 23.5. The lowest BCUT2D eigenvalue weighted by atomic mass is 10.3. The molecule has 27 heavy (non-hydrogen) atoms. The maximum atomic E-state index is 12.9. The van der Waals surface area contributed by atoms with Gasteiger partial charge in [0.2, 0.25) is 10.0 Å². The van der Waals surface area contributed by atoms with Gasteiger partial charge < -0.3 is 14.8 Å². The minimum Gasteiger partial charge on any atom is -0.492 e. The monoisotopic (exact) mass is 398 g/mol. The molecule has 0 aromatic heterocycles. The van der Waals surface area contributed by atoms with E-state index in [0.29, 0.717) is 19.7 Å². The van der Waals surface area contributed by atoms with Crippen LogP contribution in [0.4, 0.5) is 5.69 Å². The maximum absolute atomic E-state index is 12.9. The van der Waals surface area contributed by atoms with Gasteiger partial charge in [-0.2, -0.15) is 4.31 Å². The molecule has 150 valence electrons. The van der Waals surface area contributed by atoms with Crippen molar-refractivity contribution in [3.63, 3.8) is 0 Å². The van der Waals surface area contributed by atoms with Crippen LogP contribution in [0.2, 0.25) is 0 Å². The van der Waals surface area contributed by atoms with Crippen LogP contribution in [-0.2, 0) is 24.3 Å². The zero-order valence-corrected chi connectivity index (χ0v) is 16.7. The van der Waals surface area contributed by atoms with Gasteiger partial charge in [-0.25, -0.2) is 8.42 Å². The van der Waals surface area contributed by atoms with Crippen molar-refractivity contribution in [2.75, 3.05) is 31.6 Å². The third-order valence-electron chi connectivity index (χ3n) is 4.11. The molecule has 1 aliphatic carbocycles. The van der Waals surface area contributed by atoms with Crippen LogP contribution in [0, 0.1) is 5.92 Å². The number of carbonyl (C=O) groups is 2. The second-order valence-corrected chi connectivity index (χ2v) is 8.02. The van der Waals surface area contributed by atoms with Gasteiger partial charge in [-0.05, 0) is 38.0 Å². The maximum Gasteiger partial charge on any atom is 0.309 e.